The average molecular weight is 262 g/mol. The Morgan fingerprint density at radius 1 is 1.56 bits per heavy atom. The molecule has 1 aliphatic rings. The van der Waals surface area contributed by atoms with Crippen LogP contribution in [0, 0.1) is 6.85 Å². The molecule has 0 amide bonds. The van der Waals surface area contributed by atoms with Gasteiger partial charge in [-0.25, -0.2) is 4.79 Å². The molecule has 8 heteroatoms. The number of hydrogen-bond acceptors (Lipinski definition) is 6. The van der Waals surface area contributed by atoms with Crippen molar-refractivity contribution in [2.45, 2.75) is 31.4 Å². The highest BCUT2D eigenvalue weighted by atomic mass is 16.6. The fraction of sp³-hybridized carbons (Fsp3) is 0.600. The Bertz CT molecular complexity index is 683. The highest BCUT2D eigenvalue weighted by Gasteiger charge is 2.43. The lowest BCUT2D eigenvalue weighted by Gasteiger charge is -2.17. The molecule has 18 heavy (non-hydrogen) atoms. The van der Waals surface area contributed by atoms with Crippen molar-refractivity contribution in [1.82, 2.24) is 9.55 Å². The zero-order chi connectivity index (χ0) is 16.8. The van der Waals surface area contributed by atoms with Crippen molar-refractivity contribution >= 4 is 0 Å². The Balaban J connectivity index is 2.63. The van der Waals surface area contributed by atoms with Crippen LogP contribution < -0.4 is 11.2 Å². The number of nitrogens with one attached hydrogen (secondary N) is 1. The minimum absolute atomic E-state index is 0.423. The summed E-state index contributed by atoms with van der Waals surface area (Å²) in [5, 5.41) is 28.5. The Hall–Kier alpha value is -1.48. The largest absolute Gasteiger partial charge is 0.394 e. The van der Waals surface area contributed by atoms with E-state index in [9.17, 15) is 19.8 Å². The molecule has 0 aliphatic carbocycles. The molecule has 2 rings (SSSR count). The van der Waals surface area contributed by atoms with Crippen LogP contribution in [0.2, 0.25) is 0 Å². The summed E-state index contributed by atoms with van der Waals surface area (Å²) in [6.07, 6.45) is -7.00. The maximum absolute atomic E-state index is 11.8. The summed E-state index contributed by atoms with van der Waals surface area (Å²) in [5.74, 6) is 0. The van der Waals surface area contributed by atoms with E-state index in [1.807, 2.05) is 0 Å². The number of H-pyrrole nitrogens is 1. The van der Waals surface area contributed by atoms with Gasteiger partial charge >= 0.3 is 5.69 Å². The molecule has 0 spiro atoms. The first-order valence-corrected chi connectivity index (χ1v) is 5.08. The van der Waals surface area contributed by atoms with Crippen molar-refractivity contribution in [1.29, 1.82) is 0 Å². The van der Waals surface area contributed by atoms with Crippen molar-refractivity contribution in [2.24, 2.45) is 0 Å². The molecule has 100 valence electrons. The summed E-state index contributed by atoms with van der Waals surface area (Å²) in [6.45, 7) is -3.62. The van der Waals surface area contributed by atoms with Crippen molar-refractivity contribution < 1.29 is 25.5 Å². The van der Waals surface area contributed by atoms with E-state index in [-0.39, 0.29) is 0 Å². The second-order valence-corrected chi connectivity index (χ2v) is 3.84. The lowest BCUT2D eigenvalue weighted by molar-refractivity contribution is -0.0551. The molecule has 1 saturated heterocycles. The molecular formula is C10H14N2O6. The van der Waals surface area contributed by atoms with Gasteiger partial charge in [-0.1, -0.05) is 0 Å². The van der Waals surface area contributed by atoms with E-state index in [0.29, 0.717) is 4.57 Å². The summed E-state index contributed by atoms with van der Waals surface area (Å²) in [6, 6.07) is 0. The van der Waals surface area contributed by atoms with E-state index in [1.165, 1.54) is 0 Å². The maximum atomic E-state index is 11.8. The van der Waals surface area contributed by atoms with E-state index in [1.54, 1.807) is 4.98 Å². The van der Waals surface area contributed by atoms with Gasteiger partial charge in [0.2, 0.25) is 0 Å². The zero-order valence-corrected chi connectivity index (χ0v) is 9.03. The number of rotatable bonds is 2. The molecule has 2 heterocycles. The SMILES string of the molecule is [2H]c1c(C([2H])([2H])[2H])c(=O)[nH]c(=O)n1[C@@H]1O[C@H](CO)C(O)[C@@H]1O. The van der Waals surface area contributed by atoms with Gasteiger partial charge in [-0.3, -0.25) is 14.3 Å². The highest BCUT2D eigenvalue weighted by Crippen LogP contribution is 2.27. The van der Waals surface area contributed by atoms with Gasteiger partial charge in [0.1, 0.15) is 18.3 Å². The van der Waals surface area contributed by atoms with Crippen LogP contribution in [0.3, 0.4) is 0 Å². The van der Waals surface area contributed by atoms with Gasteiger partial charge in [-0.15, -0.1) is 0 Å². The first-order chi connectivity index (χ1) is 10.1. The smallest absolute Gasteiger partial charge is 0.330 e. The zero-order valence-electron chi connectivity index (χ0n) is 13.0. The topological polar surface area (TPSA) is 125 Å². The molecular weight excluding hydrogens is 244 g/mol. The number of hydrogen-bond donors (Lipinski definition) is 4. The lowest BCUT2D eigenvalue weighted by Crippen LogP contribution is -2.38. The van der Waals surface area contributed by atoms with Crippen LogP contribution in [-0.2, 0) is 4.74 Å². The number of aromatic nitrogens is 2. The van der Waals surface area contributed by atoms with E-state index in [0.717, 1.165) is 0 Å². The molecule has 0 aromatic carbocycles. The summed E-state index contributed by atoms with van der Waals surface area (Å²) in [5.41, 5.74) is -3.35. The second-order valence-electron chi connectivity index (χ2n) is 3.84. The Kier molecular flexibility index (Phi) is 2.22. The molecule has 1 aliphatic heterocycles. The molecule has 4 atom stereocenters. The van der Waals surface area contributed by atoms with Crippen LogP contribution in [0.4, 0.5) is 0 Å². The molecule has 8 nitrogen and oxygen atoms in total. The number of aromatic amines is 1. The van der Waals surface area contributed by atoms with Crippen LogP contribution in [0.15, 0.2) is 15.8 Å². The molecule has 1 aromatic heterocycles. The van der Waals surface area contributed by atoms with Gasteiger partial charge in [-0.2, -0.15) is 0 Å². The van der Waals surface area contributed by atoms with Crippen LogP contribution in [0.25, 0.3) is 0 Å². The number of ether oxygens (including phenoxy) is 1. The Labute approximate surface area is 107 Å². The molecule has 1 unspecified atom stereocenters. The van der Waals surface area contributed by atoms with E-state index in [4.69, 9.17) is 15.3 Å². The molecule has 0 bridgehead atoms. The standard InChI is InChI=1S/C10H14N2O6/c1-4-2-12(10(17)11-8(4)16)9-7(15)6(14)5(3-13)18-9/h2,5-7,9,13-15H,3H2,1H3,(H,11,16,17)/t5-,6?,7+,9-/m1/s1/i1D3,2D. The fourth-order valence-corrected chi connectivity index (χ4v) is 1.71. The lowest BCUT2D eigenvalue weighted by atomic mass is 10.1. The fourth-order valence-electron chi connectivity index (χ4n) is 1.71. The third-order valence-electron chi connectivity index (χ3n) is 2.67. The van der Waals surface area contributed by atoms with Crippen LogP contribution in [0.5, 0.6) is 0 Å². The van der Waals surface area contributed by atoms with Gasteiger partial charge < -0.3 is 20.1 Å². The molecule has 4 N–H and O–H groups in total. The van der Waals surface area contributed by atoms with Crippen LogP contribution in [0.1, 0.15) is 17.3 Å². The van der Waals surface area contributed by atoms with Crippen molar-refractivity contribution in [3.8, 4) is 0 Å². The Morgan fingerprint density at radius 3 is 2.83 bits per heavy atom. The first-order valence-electron chi connectivity index (χ1n) is 7.08. The van der Waals surface area contributed by atoms with E-state index < -0.39 is 61.0 Å². The van der Waals surface area contributed by atoms with Crippen molar-refractivity contribution in [2.75, 3.05) is 6.61 Å². The van der Waals surface area contributed by atoms with Gasteiger partial charge in [-0.05, 0) is 6.85 Å². The van der Waals surface area contributed by atoms with Crippen molar-refractivity contribution in [3.05, 3.63) is 32.6 Å². The maximum Gasteiger partial charge on any atom is 0.330 e. The average Bonchev–Trinajstić information content (AvgIpc) is 2.64. The third-order valence-corrected chi connectivity index (χ3v) is 2.67. The quantitative estimate of drug-likeness (QED) is 0.465. The third kappa shape index (κ3) is 1.99. The molecule has 1 aromatic rings. The van der Waals surface area contributed by atoms with E-state index >= 15 is 0 Å². The van der Waals surface area contributed by atoms with E-state index in [2.05, 4.69) is 0 Å². The number of nitrogens with zero attached hydrogens (tertiary/aromatic N) is 1. The summed E-state index contributed by atoms with van der Waals surface area (Å²) in [4.78, 5) is 25.2. The first kappa shape index (κ1) is 8.59. The predicted molar refractivity (Wildman–Crippen MR) is 59.1 cm³/mol. The normalized spacial score (nSPS) is 35.7. The Morgan fingerprint density at radius 2 is 2.28 bits per heavy atom. The van der Waals surface area contributed by atoms with Gasteiger partial charge in [0.05, 0.1) is 7.98 Å². The summed E-state index contributed by atoms with van der Waals surface area (Å²) < 4.78 is 35.0. The van der Waals surface area contributed by atoms with Crippen molar-refractivity contribution in [3.63, 3.8) is 0 Å². The predicted octanol–water partition coefficient (Wildman–Crippen LogP) is -2.54. The van der Waals surface area contributed by atoms with Gasteiger partial charge in [0.25, 0.3) is 5.56 Å². The summed E-state index contributed by atoms with van der Waals surface area (Å²) >= 11 is 0. The minimum Gasteiger partial charge on any atom is -0.394 e. The van der Waals surface area contributed by atoms with Crippen LogP contribution >= 0.6 is 0 Å². The molecule has 0 radical (unpaired) electrons. The number of aliphatic hydroxyl groups is 3. The molecule has 0 saturated carbocycles. The minimum atomic E-state index is -2.96. The monoisotopic (exact) mass is 262 g/mol. The highest BCUT2D eigenvalue weighted by molar-refractivity contribution is 5.03. The number of aliphatic hydroxyl groups excluding tert-OH is 3. The van der Waals surface area contributed by atoms with Crippen LogP contribution in [-0.4, -0.2) is 49.8 Å². The summed E-state index contributed by atoms with van der Waals surface area (Å²) in [7, 11) is 0. The second kappa shape index (κ2) is 4.65. The van der Waals surface area contributed by atoms with Gasteiger partial charge in [0, 0.05) is 15.8 Å². The van der Waals surface area contributed by atoms with Gasteiger partial charge in [0.15, 0.2) is 6.23 Å². The molecule has 1 fully saturated rings.